The highest BCUT2D eigenvalue weighted by atomic mass is 16.1. The van der Waals surface area contributed by atoms with E-state index in [4.69, 9.17) is 5.73 Å². The zero-order valence-corrected chi connectivity index (χ0v) is 15.7. The van der Waals surface area contributed by atoms with Gasteiger partial charge in [-0.2, -0.15) is 0 Å². The van der Waals surface area contributed by atoms with Crippen molar-refractivity contribution in [1.29, 1.82) is 0 Å². The molecule has 5 nitrogen and oxygen atoms in total. The minimum Gasteiger partial charge on any atom is -0.369 e. The van der Waals surface area contributed by atoms with Gasteiger partial charge < -0.3 is 5.73 Å². The summed E-state index contributed by atoms with van der Waals surface area (Å²) in [6, 6.07) is 14.0. The highest BCUT2D eigenvalue weighted by molar-refractivity contribution is 5.76. The lowest BCUT2D eigenvalue weighted by Crippen LogP contribution is -2.37. The van der Waals surface area contributed by atoms with Crippen molar-refractivity contribution in [2.45, 2.75) is 26.4 Å². The lowest BCUT2D eigenvalue weighted by atomic mass is 9.92. The second-order valence-electron chi connectivity index (χ2n) is 6.71. The van der Waals surface area contributed by atoms with Gasteiger partial charge in [-0.3, -0.25) is 19.7 Å². The number of hydrogen-bond acceptors (Lipinski definition) is 4. The maximum atomic E-state index is 11.9. The van der Waals surface area contributed by atoms with E-state index < -0.39 is 0 Å². The molecule has 3 rings (SSSR count). The second kappa shape index (κ2) is 8.56. The van der Waals surface area contributed by atoms with Crippen molar-refractivity contribution in [3.05, 3.63) is 95.1 Å². The largest absolute Gasteiger partial charge is 0.369 e. The molecule has 5 heteroatoms. The molecule has 1 unspecified atom stereocenters. The van der Waals surface area contributed by atoms with Crippen molar-refractivity contribution in [3.63, 3.8) is 0 Å². The fourth-order valence-corrected chi connectivity index (χ4v) is 3.36. The number of nitrogens with zero attached hydrogens (tertiary/aromatic N) is 3. The van der Waals surface area contributed by atoms with Crippen LogP contribution in [0.25, 0.3) is 0 Å². The number of nitrogens with two attached hydrogens (primary N) is 1. The van der Waals surface area contributed by atoms with Crippen LogP contribution < -0.4 is 5.73 Å². The zero-order valence-electron chi connectivity index (χ0n) is 15.7. The van der Waals surface area contributed by atoms with Crippen LogP contribution in [0.15, 0.2) is 67.3 Å². The first-order chi connectivity index (χ1) is 13.1. The predicted molar refractivity (Wildman–Crippen MR) is 106 cm³/mol. The molecule has 138 valence electrons. The summed E-state index contributed by atoms with van der Waals surface area (Å²) in [4.78, 5) is 22.4. The summed E-state index contributed by atoms with van der Waals surface area (Å²) in [7, 11) is 0. The van der Waals surface area contributed by atoms with E-state index in [2.05, 4.69) is 40.8 Å². The Labute approximate surface area is 159 Å². The van der Waals surface area contributed by atoms with E-state index in [1.54, 1.807) is 12.4 Å². The maximum absolute atomic E-state index is 11.9. The van der Waals surface area contributed by atoms with Crippen LogP contribution in [0.5, 0.6) is 0 Å². The first-order valence-corrected chi connectivity index (χ1v) is 8.93. The molecule has 3 aromatic rings. The van der Waals surface area contributed by atoms with Gasteiger partial charge >= 0.3 is 0 Å². The highest BCUT2D eigenvalue weighted by Crippen LogP contribution is 2.32. The van der Waals surface area contributed by atoms with E-state index in [-0.39, 0.29) is 18.5 Å². The van der Waals surface area contributed by atoms with Crippen LogP contribution in [0.2, 0.25) is 0 Å². The van der Waals surface area contributed by atoms with Gasteiger partial charge in [-0.25, -0.2) is 0 Å². The number of pyridine rings is 2. The lowest BCUT2D eigenvalue weighted by Gasteiger charge is -2.32. The van der Waals surface area contributed by atoms with Crippen molar-refractivity contribution in [1.82, 2.24) is 14.9 Å². The van der Waals surface area contributed by atoms with Crippen LogP contribution in [0, 0.1) is 13.8 Å². The third-order valence-electron chi connectivity index (χ3n) is 4.77. The maximum Gasteiger partial charge on any atom is 0.231 e. The molecular formula is C22H24N4O. The molecule has 0 radical (unpaired) electrons. The molecule has 27 heavy (non-hydrogen) atoms. The molecule has 0 fully saturated rings. The smallest absolute Gasteiger partial charge is 0.231 e. The van der Waals surface area contributed by atoms with Gasteiger partial charge in [0.15, 0.2) is 0 Å². The zero-order chi connectivity index (χ0) is 19.2. The Bertz CT molecular complexity index is 897. The van der Waals surface area contributed by atoms with Crippen LogP contribution in [0.4, 0.5) is 0 Å². The summed E-state index contributed by atoms with van der Waals surface area (Å²) in [5.41, 5.74) is 11.2. The number of hydrogen-bond donors (Lipinski definition) is 1. The van der Waals surface area contributed by atoms with Crippen molar-refractivity contribution in [2.24, 2.45) is 5.73 Å². The topological polar surface area (TPSA) is 72.1 Å². The monoisotopic (exact) mass is 360 g/mol. The summed E-state index contributed by atoms with van der Waals surface area (Å²) in [5, 5.41) is 0. The van der Waals surface area contributed by atoms with Crippen molar-refractivity contribution < 1.29 is 4.79 Å². The molecule has 0 aliphatic rings. The number of primary amides is 1. The van der Waals surface area contributed by atoms with Crippen molar-refractivity contribution in [3.8, 4) is 0 Å². The second-order valence-corrected chi connectivity index (χ2v) is 6.71. The molecule has 1 amide bonds. The molecule has 0 aliphatic heterocycles. The molecule has 2 heterocycles. The summed E-state index contributed by atoms with van der Waals surface area (Å²) in [6.07, 6.45) is 7.16. The molecule has 0 saturated carbocycles. The lowest BCUT2D eigenvalue weighted by molar-refractivity contribution is -0.119. The highest BCUT2D eigenvalue weighted by Gasteiger charge is 2.26. The SMILES string of the molecule is Cc1cccc(C(c2cccnc2)N(CC(N)=O)Cc2cccnc2)c1C. The van der Waals surface area contributed by atoms with Gasteiger partial charge in [0.2, 0.25) is 5.91 Å². The van der Waals surface area contributed by atoms with Crippen LogP contribution in [-0.2, 0) is 11.3 Å². The normalized spacial score (nSPS) is 12.1. The van der Waals surface area contributed by atoms with Gasteiger partial charge in [-0.05, 0) is 53.8 Å². The van der Waals surface area contributed by atoms with Gasteiger partial charge in [0.1, 0.15) is 0 Å². The fraction of sp³-hybridized carbons (Fsp3) is 0.227. The number of amides is 1. The average molecular weight is 360 g/mol. The Hall–Kier alpha value is -3.05. The van der Waals surface area contributed by atoms with Gasteiger partial charge in [0, 0.05) is 31.3 Å². The van der Waals surface area contributed by atoms with E-state index >= 15 is 0 Å². The molecule has 0 saturated heterocycles. The Kier molecular flexibility index (Phi) is 5.94. The van der Waals surface area contributed by atoms with Crippen molar-refractivity contribution in [2.75, 3.05) is 6.54 Å². The van der Waals surface area contributed by atoms with Crippen molar-refractivity contribution >= 4 is 5.91 Å². The molecule has 2 N–H and O–H groups in total. The molecule has 1 atom stereocenters. The number of aromatic nitrogens is 2. The van der Waals surface area contributed by atoms with E-state index in [1.165, 1.54) is 11.1 Å². The molecular weight excluding hydrogens is 336 g/mol. The summed E-state index contributed by atoms with van der Waals surface area (Å²) in [6.45, 7) is 4.91. The van der Waals surface area contributed by atoms with E-state index in [0.717, 1.165) is 16.7 Å². The van der Waals surface area contributed by atoms with Crippen LogP contribution in [0.1, 0.15) is 33.9 Å². The molecule has 0 spiro atoms. The Morgan fingerprint density at radius 1 is 1.04 bits per heavy atom. The Morgan fingerprint density at radius 3 is 2.41 bits per heavy atom. The molecule has 2 aromatic heterocycles. The van der Waals surface area contributed by atoms with Crippen LogP contribution >= 0.6 is 0 Å². The first-order valence-electron chi connectivity index (χ1n) is 8.93. The van der Waals surface area contributed by atoms with Gasteiger partial charge in [0.25, 0.3) is 0 Å². The summed E-state index contributed by atoms with van der Waals surface area (Å²) < 4.78 is 0. The Balaban J connectivity index is 2.10. The van der Waals surface area contributed by atoms with Gasteiger partial charge in [-0.15, -0.1) is 0 Å². The minimum atomic E-state index is -0.363. The third kappa shape index (κ3) is 4.57. The van der Waals surface area contributed by atoms with Crippen LogP contribution in [-0.4, -0.2) is 27.3 Å². The molecule has 0 aliphatic carbocycles. The van der Waals surface area contributed by atoms with E-state index in [9.17, 15) is 4.79 Å². The average Bonchev–Trinajstić information content (AvgIpc) is 2.66. The number of carbonyl (C=O) groups is 1. The first kappa shape index (κ1) is 18.7. The third-order valence-corrected chi connectivity index (χ3v) is 4.77. The van der Waals surface area contributed by atoms with Crippen LogP contribution in [0.3, 0.4) is 0 Å². The standard InChI is InChI=1S/C22H24N4O/c1-16-6-3-9-20(17(16)2)22(19-8-5-11-25-13-19)26(15-21(23)27)14-18-7-4-10-24-12-18/h3-13,22H,14-15H2,1-2H3,(H2,23,27). The molecule has 0 bridgehead atoms. The predicted octanol–water partition coefficient (Wildman–Crippen LogP) is 3.17. The van der Waals surface area contributed by atoms with Gasteiger partial charge in [0.05, 0.1) is 12.6 Å². The Morgan fingerprint density at radius 2 is 1.78 bits per heavy atom. The summed E-state index contributed by atoms with van der Waals surface area (Å²) in [5.74, 6) is -0.363. The van der Waals surface area contributed by atoms with Gasteiger partial charge in [-0.1, -0.05) is 30.3 Å². The minimum absolute atomic E-state index is 0.133. The number of aryl methyl sites for hydroxylation is 1. The number of benzene rings is 1. The summed E-state index contributed by atoms with van der Waals surface area (Å²) >= 11 is 0. The number of carbonyl (C=O) groups excluding carboxylic acids is 1. The van der Waals surface area contributed by atoms with E-state index in [1.807, 2.05) is 42.7 Å². The quantitative estimate of drug-likeness (QED) is 0.702. The number of rotatable bonds is 7. The van der Waals surface area contributed by atoms with E-state index in [0.29, 0.717) is 6.54 Å². The molecule has 1 aromatic carbocycles. The fourth-order valence-electron chi connectivity index (χ4n) is 3.36.